The van der Waals surface area contributed by atoms with Crippen LogP contribution in [-0.4, -0.2) is 17.9 Å². The molecular weight excluding hydrogens is 396 g/mol. The van der Waals surface area contributed by atoms with E-state index < -0.39 is 39.9 Å². The van der Waals surface area contributed by atoms with E-state index in [1.165, 1.54) is 20.8 Å². The Bertz CT molecular complexity index is 842. The van der Waals surface area contributed by atoms with Crippen molar-refractivity contribution in [3.05, 3.63) is 77.9 Å². The number of carbonyl (C=O) groups excluding carboxylic acids is 3. The summed E-state index contributed by atoms with van der Waals surface area (Å²) in [6.45, 7) is 15.0. The van der Waals surface area contributed by atoms with Crippen LogP contribution in [0.4, 0.5) is 0 Å². The summed E-state index contributed by atoms with van der Waals surface area (Å²) in [6, 6.07) is 7.31. The molecule has 7 heteroatoms. The van der Waals surface area contributed by atoms with Crippen LogP contribution in [0.3, 0.4) is 0 Å². The van der Waals surface area contributed by atoms with Crippen molar-refractivity contribution >= 4 is 24.0 Å². The average Bonchev–Trinajstić information content (AvgIpc) is 3.05. The number of rotatable bonds is 7. The van der Waals surface area contributed by atoms with E-state index >= 15 is 0 Å². The summed E-state index contributed by atoms with van der Waals surface area (Å²) >= 11 is -4.98. The second kappa shape index (κ2) is 8.54. The van der Waals surface area contributed by atoms with E-state index in [-0.39, 0.29) is 16.7 Å². The molecule has 0 radical (unpaired) electrons. The van der Waals surface area contributed by atoms with Gasteiger partial charge >= 0.3 is 169 Å². The summed E-state index contributed by atoms with van der Waals surface area (Å²) in [7, 11) is 0. The summed E-state index contributed by atoms with van der Waals surface area (Å²) in [5.41, 5.74) is 1.85. The number of hydrogen-bond acceptors (Lipinski definition) is 6. The Morgan fingerprint density at radius 2 is 1.25 bits per heavy atom. The Morgan fingerprint density at radius 3 is 1.68 bits per heavy atom. The van der Waals surface area contributed by atoms with Crippen LogP contribution in [0.1, 0.15) is 36.1 Å². The molecule has 1 atom stereocenters. The van der Waals surface area contributed by atoms with Crippen LogP contribution >= 0.6 is 0 Å². The van der Waals surface area contributed by atoms with Crippen molar-refractivity contribution in [1.82, 2.24) is 0 Å². The third-order valence-electron chi connectivity index (χ3n) is 3.93. The van der Waals surface area contributed by atoms with Gasteiger partial charge in [0.15, 0.2) is 0 Å². The van der Waals surface area contributed by atoms with Crippen LogP contribution in [0.2, 0.25) is 0 Å². The van der Waals surface area contributed by atoms with E-state index in [0.29, 0.717) is 0 Å². The number of benzene rings is 1. The molecule has 0 aromatic heterocycles. The van der Waals surface area contributed by atoms with Gasteiger partial charge in [-0.25, -0.2) is 0 Å². The van der Waals surface area contributed by atoms with Crippen molar-refractivity contribution in [1.29, 1.82) is 0 Å². The van der Waals surface area contributed by atoms with Crippen molar-refractivity contribution in [3.8, 4) is 0 Å². The first-order valence-electron chi connectivity index (χ1n) is 8.51. The van der Waals surface area contributed by atoms with E-state index in [9.17, 15) is 14.4 Å². The van der Waals surface area contributed by atoms with Crippen molar-refractivity contribution < 1.29 is 42.1 Å². The topological polar surface area (TPSA) is 78.9 Å². The van der Waals surface area contributed by atoms with Crippen molar-refractivity contribution in [2.24, 2.45) is 0 Å². The zero-order valence-electron chi connectivity index (χ0n) is 16.1. The van der Waals surface area contributed by atoms with Gasteiger partial charge < -0.3 is 0 Å². The Morgan fingerprint density at radius 1 is 0.821 bits per heavy atom. The summed E-state index contributed by atoms with van der Waals surface area (Å²) in [4.78, 5) is 37.2. The first-order chi connectivity index (χ1) is 13.1. The van der Waals surface area contributed by atoms with Crippen LogP contribution in [0, 0.1) is 0 Å². The fourth-order valence-electron chi connectivity index (χ4n) is 2.46. The Balaban J connectivity index is 2.62. The maximum absolute atomic E-state index is 12.4. The van der Waals surface area contributed by atoms with Gasteiger partial charge in [0.25, 0.3) is 0 Å². The molecule has 0 fully saturated rings. The molecule has 0 N–H and O–H groups in total. The van der Waals surface area contributed by atoms with Gasteiger partial charge in [-0.3, -0.25) is 0 Å². The molecule has 0 heterocycles. The average molecular weight is 418 g/mol. The molecule has 0 saturated heterocycles. The van der Waals surface area contributed by atoms with Gasteiger partial charge in [-0.05, 0) is 0 Å². The number of allylic oxidation sites excluding steroid dienone is 1. The van der Waals surface area contributed by atoms with Gasteiger partial charge in [0, 0.05) is 0 Å². The van der Waals surface area contributed by atoms with E-state index in [0.717, 1.165) is 11.1 Å². The van der Waals surface area contributed by atoms with Gasteiger partial charge in [0.1, 0.15) is 0 Å². The van der Waals surface area contributed by atoms with Crippen molar-refractivity contribution in [2.75, 3.05) is 0 Å². The molecule has 0 amide bonds. The molecule has 0 bridgehead atoms. The third-order valence-corrected chi connectivity index (χ3v) is 8.11. The summed E-state index contributed by atoms with van der Waals surface area (Å²) in [5.74, 6) is -2.41. The van der Waals surface area contributed by atoms with Crippen LogP contribution in [0.15, 0.2) is 66.8 Å². The predicted molar refractivity (Wildman–Crippen MR) is 101 cm³/mol. The van der Waals surface area contributed by atoms with E-state index in [4.69, 9.17) is 9.96 Å². The number of carbonyl (C=O) groups is 3. The molecule has 146 valence electrons. The molecule has 0 saturated carbocycles. The van der Waals surface area contributed by atoms with Crippen LogP contribution in [-0.2, 0) is 42.1 Å². The first-order valence-corrected chi connectivity index (χ1v) is 11.3. The quantitative estimate of drug-likeness (QED) is 0.492. The molecule has 6 nitrogen and oxygen atoms in total. The van der Waals surface area contributed by atoms with Crippen molar-refractivity contribution in [3.63, 3.8) is 0 Å². The zero-order chi connectivity index (χ0) is 21.1. The van der Waals surface area contributed by atoms with E-state index in [1.54, 1.807) is 24.3 Å². The van der Waals surface area contributed by atoms with Crippen LogP contribution in [0.5, 0.6) is 0 Å². The second-order valence-electron chi connectivity index (χ2n) is 6.58. The van der Waals surface area contributed by atoms with E-state index in [2.05, 4.69) is 19.7 Å². The number of hydrogen-bond donors (Lipinski definition) is 0. The molecule has 1 unspecified atom stereocenters. The Hall–Kier alpha value is -2.70. The fourth-order valence-corrected chi connectivity index (χ4v) is 6.80. The molecule has 0 spiro atoms. The molecule has 28 heavy (non-hydrogen) atoms. The minimum atomic E-state index is -4.98. The molecule has 1 aromatic rings. The summed E-state index contributed by atoms with van der Waals surface area (Å²) < 4.78 is 16.1. The molecular formula is C21H22O6Ti. The van der Waals surface area contributed by atoms with Crippen LogP contribution < -0.4 is 0 Å². The summed E-state index contributed by atoms with van der Waals surface area (Å²) in [5, 5.41) is 0. The SMILES string of the molecule is C=C(C)C(=O)[O][Ti]([O]C(=O)C(=C)C)([O]C(=O)C(=C)C)[CH]1C=Cc2ccccc21. The maximum atomic E-state index is 12.4. The Kier molecular flexibility index (Phi) is 6.59. The van der Waals surface area contributed by atoms with Gasteiger partial charge in [0.2, 0.25) is 0 Å². The molecule has 1 aromatic carbocycles. The normalized spacial score (nSPS) is 14.6. The fraction of sp³-hybridized carbons (Fsp3) is 0.190. The standard InChI is InChI=1S/C9H7.3C4H6O2.Ti/c1-2-5-9-7-3-6-8(9)4-1;3*1-3(2)4(5)6;/h1-7H;3*1H2,2H3,(H,5,6);/q;;;;+3/p-3. The van der Waals surface area contributed by atoms with Gasteiger partial charge in [-0.15, -0.1) is 0 Å². The van der Waals surface area contributed by atoms with Crippen LogP contribution in [0.25, 0.3) is 6.08 Å². The zero-order valence-corrected chi connectivity index (χ0v) is 17.7. The molecule has 1 aliphatic carbocycles. The van der Waals surface area contributed by atoms with Gasteiger partial charge in [-0.2, -0.15) is 0 Å². The minimum absolute atomic E-state index is 0.0861. The predicted octanol–water partition coefficient (Wildman–Crippen LogP) is 4.01. The van der Waals surface area contributed by atoms with Crippen molar-refractivity contribution in [2.45, 2.75) is 25.0 Å². The summed E-state index contributed by atoms with van der Waals surface area (Å²) in [6.07, 6.45) is 3.52. The molecule has 1 aliphatic rings. The monoisotopic (exact) mass is 418 g/mol. The molecule has 0 aliphatic heterocycles. The first kappa shape index (κ1) is 21.6. The number of fused-ring (bicyclic) bond motifs is 1. The Labute approximate surface area is 169 Å². The molecule has 2 rings (SSSR count). The van der Waals surface area contributed by atoms with E-state index in [1.807, 2.05) is 12.1 Å². The van der Waals surface area contributed by atoms with Gasteiger partial charge in [-0.1, -0.05) is 0 Å². The second-order valence-corrected chi connectivity index (χ2v) is 10.4. The third kappa shape index (κ3) is 4.58. The van der Waals surface area contributed by atoms with Gasteiger partial charge in [0.05, 0.1) is 0 Å².